The van der Waals surface area contributed by atoms with Crippen LogP contribution in [0.5, 0.6) is 0 Å². The van der Waals surface area contributed by atoms with E-state index in [4.69, 9.17) is 22.4 Å². The lowest BCUT2D eigenvalue weighted by atomic mass is 10.3. The van der Waals surface area contributed by atoms with E-state index in [0.717, 1.165) is 5.54 Å². The van der Waals surface area contributed by atoms with E-state index >= 15 is 0 Å². The monoisotopic (exact) mass is 135 g/mol. The maximum atomic E-state index is 9.85. The van der Waals surface area contributed by atoms with Gasteiger partial charge in [0.2, 0.25) is 0 Å². The molecule has 0 fully saturated rings. The number of hydrogen-bond acceptors (Lipinski definition) is 2. The summed E-state index contributed by atoms with van der Waals surface area (Å²) in [5.41, 5.74) is 6.04. The SMILES string of the molecule is NC(/C=C/Cl)C(=O)O. The Balaban J connectivity index is 3.64. The molecule has 0 radical (unpaired) electrons. The number of carboxylic acid groups (broad SMARTS) is 1. The molecule has 0 bridgehead atoms. The van der Waals surface area contributed by atoms with Gasteiger partial charge in [0.25, 0.3) is 0 Å². The summed E-state index contributed by atoms with van der Waals surface area (Å²) in [6.07, 6.45) is 1.18. The molecular formula is C4H6ClNO2. The fourth-order valence-electron chi connectivity index (χ4n) is 0.161. The van der Waals surface area contributed by atoms with Crippen LogP contribution in [0.3, 0.4) is 0 Å². The largest absolute Gasteiger partial charge is 0.480 e. The number of carbonyl (C=O) groups is 1. The Bertz CT molecular complexity index is 113. The summed E-state index contributed by atoms with van der Waals surface area (Å²) >= 11 is 5.02. The molecule has 1 unspecified atom stereocenters. The highest BCUT2D eigenvalue weighted by atomic mass is 35.5. The Labute approximate surface area is 51.7 Å². The van der Waals surface area contributed by atoms with E-state index in [-0.39, 0.29) is 0 Å². The normalized spacial score (nSPS) is 14.2. The molecule has 0 rings (SSSR count). The fraction of sp³-hybridized carbons (Fsp3) is 0.250. The van der Waals surface area contributed by atoms with Gasteiger partial charge in [-0.2, -0.15) is 0 Å². The van der Waals surface area contributed by atoms with E-state index in [1.807, 2.05) is 0 Å². The van der Waals surface area contributed by atoms with Gasteiger partial charge in [0.15, 0.2) is 0 Å². The molecule has 4 heteroatoms. The molecule has 0 spiro atoms. The van der Waals surface area contributed by atoms with E-state index in [9.17, 15) is 4.79 Å². The molecule has 0 aromatic rings. The Morgan fingerprint density at radius 3 is 2.50 bits per heavy atom. The topological polar surface area (TPSA) is 63.3 Å². The van der Waals surface area contributed by atoms with Gasteiger partial charge in [0.05, 0.1) is 0 Å². The quantitative estimate of drug-likeness (QED) is 0.567. The zero-order chi connectivity index (χ0) is 6.57. The summed E-state index contributed by atoms with van der Waals surface area (Å²) < 4.78 is 0. The number of hydrogen-bond donors (Lipinski definition) is 2. The van der Waals surface area contributed by atoms with Crippen molar-refractivity contribution in [3.8, 4) is 0 Å². The Kier molecular flexibility index (Phi) is 3.23. The average Bonchev–Trinajstić information content (AvgIpc) is 1.67. The van der Waals surface area contributed by atoms with Crippen LogP contribution in [0.4, 0.5) is 0 Å². The summed E-state index contributed by atoms with van der Waals surface area (Å²) in [6, 6.07) is -0.979. The van der Waals surface area contributed by atoms with Gasteiger partial charge in [-0.05, 0) is 6.08 Å². The predicted molar refractivity (Wildman–Crippen MR) is 30.6 cm³/mol. The number of carboxylic acids is 1. The van der Waals surface area contributed by atoms with E-state index in [2.05, 4.69) is 0 Å². The van der Waals surface area contributed by atoms with Crippen LogP contribution in [0.25, 0.3) is 0 Å². The molecule has 1 atom stereocenters. The first-order chi connectivity index (χ1) is 3.68. The second-order valence-electron chi connectivity index (χ2n) is 1.18. The van der Waals surface area contributed by atoms with Crippen LogP contribution >= 0.6 is 11.6 Å². The van der Waals surface area contributed by atoms with Crippen LogP contribution in [0.15, 0.2) is 11.6 Å². The maximum Gasteiger partial charge on any atom is 0.324 e. The summed E-state index contributed by atoms with van der Waals surface area (Å²) in [5, 5.41) is 8.08. The van der Waals surface area contributed by atoms with Gasteiger partial charge in [-0.25, -0.2) is 0 Å². The standard InChI is InChI=1S/C4H6ClNO2/c5-2-1-3(6)4(7)8/h1-3H,6H2,(H,7,8)/b2-1+. The van der Waals surface area contributed by atoms with Gasteiger partial charge < -0.3 is 10.8 Å². The molecule has 0 aliphatic carbocycles. The molecular weight excluding hydrogens is 130 g/mol. The second-order valence-corrected chi connectivity index (χ2v) is 1.43. The summed E-state index contributed by atoms with van der Waals surface area (Å²) in [7, 11) is 0. The van der Waals surface area contributed by atoms with Gasteiger partial charge in [-0.15, -0.1) is 0 Å². The molecule has 0 aliphatic heterocycles. The first kappa shape index (κ1) is 7.46. The number of rotatable bonds is 2. The Morgan fingerprint density at radius 1 is 1.88 bits per heavy atom. The first-order valence-electron chi connectivity index (χ1n) is 1.93. The third-order valence-electron chi connectivity index (χ3n) is 0.565. The third-order valence-corrected chi connectivity index (χ3v) is 0.711. The lowest BCUT2D eigenvalue weighted by Gasteiger charge is -1.93. The van der Waals surface area contributed by atoms with E-state index in [1.165, 1.54) is 6.08 Å². The molecule has 0 amide bonds. The summed E-state index contributed by atoms with van der Waals surface area (Å²) in [5.74, 6) is -1.08. The fourth-order valence-corrected chi connectivity index (χ4v) is 0.317. The van der Waals surface area contributed by atoms with Gasteiger partial charge in [0.1, 0.15) is 6.04 Å². The minimum absolute atomic E-state index is 0.979. The van der Waals surface area contributed by atoms with Crippen molar-refractivity contribution in [1.29, 1.82) is 0 Å². The van der Waals surface area contributed by atoms with Crippen molar-refractivity contribution in [1.82, 2.24) is 0 Å². The minimum atomic E-state index is -1.08. The highest BCUT2D eigenvalue weighted by molar-refractivity contribution is 6.25. The van der Waals surface area contributed by atoms with E-state index in [0.29, 0.717) is 0 Å². The highest BCUT2D eigenvalue weighted by Crippen LogP contribution is 1.83. The van der Waals surface area contributed by atoms with Crippen LogP contribution in [-0.4, -0.2) is 17.1 Å². The zero-order valence-corrected chi connectivity index (χ0v) is 4.80. The summed E-state index contributed by atoms with van der Waals surface area (Å²) in [4.78, 5) is 9.85. The first-order valence-corrected chi connectivity index (χ1v) is 2.37. The van der Waals surface area contributed by atoms with Crippen molar-refractivity contribution in [2.45, 2.75) is 6.04 Å². The van der Waals surface area contributed by atoms with Crippen molar-refractivity contribution < 1.29 is 9.90 Å². The number of halogens is 1. The molecule has 3 N–H and O–H groups in total. The van der Waals surface area contributed by atoms with Crippen LogP contribution < -0.4 is 5.73 Å². The molecule has 0 aromatic carbocycles. The zero-order valence-electron chi connectivity index (χ0n) is 4.04. The lowest BCUT2D eigenvalue weighted by molar-refractivity contribution is -0.137. The molecule has 0 saturated carbocycles. The van der Waals surface area contributed by atoms with Crippen LogP contribution in [-0.2, 0) is 4.79 Å². The Hall–Kier alpha value is -0.540. The second kappa shape index (κ2) is 3.46. The smallest absolute Gasteiger partial charge is 0.324 e. The van der Waals surface area contributed by atoms with Crippen molar-refractivity contribution in [3.63, 3.8) is 0 Å². The highest BCUT2D eigenvalue weighted by Gasteiger charge is 2.04. The number of aliphatic carboxylic acids is 1. The van der Waals surface area contributed by atoms with Crippen molar-refractivity contribution >= 4 is 17.6 Å². The van der Waals surface area contributed by atoms with Crippen molar-refractivity contribution in [3.05, 3.63) is 11.6 Å². The van der Waals surface area contributed by atoms with E-state index in [1.54, 1.807) is 0 Å². The lowest BCUT2D eigenvalue weighted by Crippen LogP contribution is -2.27. The molecule has 0 heterocycles. The molecule has 8 heavy (non-hydrogen) atoms. The van der Waals surface area contributed by atoms with Gasteiger partial charge >= 0.3 is 5.97 Å². The van der Waals surface area contributed by atoms with Crippen LogP contribution in [0.1, 0.15) is 0 Å². The molecule has 0 saturated heterocycles. The molecule has 46 valence electrons. The third kappa shape index (κ3) is 2.60. The minimum Gasteiger partial charge on any atom is -0.480 e. The van der Waals surface area contributed by atoms with Crippen LogP contribution in [0.2, 0.25) is 0 Å². The Morgan fingerprint density at radius 2 is 2.38 bits per heavy atom. The maximum absolute atomic E-state index is 9.85. The molecule has 3 nitrogen and oxygen atoms in total. The average molecular weight is 136 g/mol. The van der Waals surface area contributed by atoms with Crippen molar-refractivity contribution in [2.75, 3.05) is 0 Å². The van der Waals surface area contributed by atoms with Gasteiger partial charge in [-0.3, -0.25) is 4.79 Å². The van der Waals surface area contributed by atoms with Gasteiger partial charge in [0, 0.05) is 5.54 Å². The van der Waals surface area contributed by atoms with Crippen LogP contribution in [0, 0.1) is 0 Å². The predicted octanol–water partition coefficient (Wildman–Crippen LogP) is 0.151. The molecule has 0 aliphatic rings. The molecule has 0 aromatic heterocycles. The van der Waals surface area contributed by atoms with Gasteiger partial charge in [-0.1, -0.05) is 11.6 Å². The van der Waals surface area contributed by atoms with Crippen molar-refractivity contribution in [2.24, 2.45) is 5.73 Å². The van der Waals surface area contributed by atoms with E-state index < -0.39 is 12.0 Å². The number of nitrogens with two attached hydrogens (primary N) is 1. The summed E-state index contributed by atoms with van der Waals surface area (Å²) in [6.45, 7) is 0.